The molecule has 0 heterocycles. The van der Waals surface area contributed by atoms with E-state index < -0.39 is 0 Å². The van der Waals surface area contributed by atoms with Gasteiger partial charge < -0.3 is 4.74 Å². The second-order valence-corrected chi connectivity index (χ2v) is 1.82. The van der Waals surface area contributed by atoms with Crippen molar-refractivity contribution in [1.29, 1.82) is 0 Å². The monoisotopic (exact) mass is 137 g/mol. The molecule has 2 heteroatoms. The summed E-state index contributed by atoms with van der Waals surface area (Å²) >= 11 is 0. The Kier molecular flexibility index (Phi) is 2.01. The van der Waals surface area contributed by atoms with Gasteiger partial charge in [-0.3, -0.25) is 4.79 Å². The highest BCUT2D eigenvalue weighted by atomic mass is 16.5. The molecule has 0 unspecified atom stereocenters. The van der Waals surface area contributed by atoms with Crippen LogP contribution in [0.4, 0.5) is 0 Å². The molecule has 0 saturated carbocycles. The molecule has 0 aliphatic carbocycles. The van der Waals surface area contributed by atoms with Gasteiger partial charge in [0.25, 0.3) is 6.47 Å². The van der Waals surface area contributed by atoms with Crippen molar-refractivity contribution in [3.8, 4) is 0 Å². The van der Waals surface area contributed by atoms with E-state index in [2.05, 4.69) is 4.74 Å². The number of carbonyl (C=O) groups is 1. The first-order chi connectivity index (χ1) is 5.33. The molecule has 52 valence electrons. The van der Waals surface area contributed by atoms with Crippen molar-refractivity contribution in [2.75, 3.05) is 0 Å². The third kappa shape index (κ3) is 1.90. The quantitative estimate of drug-likeness (QED) is 0.588. The molecule has 0 N–H and O–H groups in total. The van der Waals surface area contributed by atoms with Crippen molar-refractivity contribution in [2.24, 2.45) is 0 Å². The molecule has 0 fully saturated rings. The number of rotatable bonds is 3. The Labute approximate surface area is 60.8 Å². The maximum atomic E-state index is 9.79. The molecule has 2 nitrogen and oxygen atoms in total. The van der Waals surface area contributed by atoms with Crippen LogP contribution in [0, 0.1) is 0 Å². The van der Waals surface area contributed by atoms with Gasteiger partial charge in [-0.2, -0.15) is 0 Å². The second-order valence-electron chi connectivity index (χ2n) is 1.82. The zero-order chi connectivity index (χ0) is 8.10. The van der Waals surface area contributed by atoms with Crippen molar-refractivity contribution in [1.82, 2.24) is 0 Å². The van der Waals surface area contributed by atoms with Gasteiger partial charge in [0.1, 0.15) is 6.61 Å². The Bertz CT molecular complexity index is 230. The van der Waals surface area contributed by atoms with Crippen LogP contribution in [0.15, 0.2) is 30.3 Å². The van der Waals surface area contributed by atoms with Gasteiger partial charge in [-0.15, -0.1) is 0 Å². The first-order valence-electron chi connectivity index (χ1n) is 3.44. The van der Waals surface area contributed by atoms with Crippen LogP contribution in [0.1, 0.15) is 6.93 Å². The van der Waals surface area contributed by atoms with E-state index in [0.717, 1.165) is 5.56 Å². The molecule has 10 heavy (non-hydrogen) atoms. The van der Waals surface area contributed by atoms with E-state index in [9.17, 15) is 4.79 Å². The third-order valence-corrected chi connectivity index (χ3v) is 1.11. The maximum absolute atomic E-state index is 9.79. The largest absolute Gasteiger partial charge is 0.463 e. The van der Waals surface area contributed by atoms with E-state index in [-0.39, 0.29) is 6.61 Å². The summed E-state index contributed by atoms with van der Waals surface area (Å²) in [4.78, 5) is 9.79. The average molecular weight is 137 g/mol. The van der Waals surface area contributed by atoms with Crippen LogP contribution in [-0.4, -0.2) is 6.47 Å². The number of ether oxygens (including phenoxy) is 1. The lowest BCUT2D eigenvalue weighted by atomic mass is 10.2. The highest BCUT2D eigenvalue weighted by Crippen LogP contribution is 1.98. The molecule has 0 aliphatic rings. The summed E-state index contributed by atoms with van der Waals surface area (Å²) in [5.74, 6) is 0. The van der Waals surface area contributed by atoms with E-state index in [1.54, 1.807) is 24.3 Å². The number of benzene rings is 1. The van der Waals surface area contributed by atoms with E-state index in [1.165, 1.54) is 0 Å². The molecule has 0 aliphatic heterocycles. The first-order valence-corrected chi connectivity index (χ1v) is 2.94. The van der Waals surface area contributed by atoms with E-state index >= 15 is 0 Å². The predicted octanol–water partition coefficient (Wildman–Crippen LogP) is 1.36. The topological polar surface area (TPSA) is 26.3 Å². The Morgan fingerprint density at radius 1 is 1.60 bits per heavy atom. The molecule has 0 bridgehead atoms. The summed E-state index contributed by atoms with van der Waals surface area (Å²) in [7, 11) is 0. The first kappa shape index (κ1) is 5.47. The van der Waals surface area contributed by atoms with E-state index in [4.69, 9.17) is 1.37 Å². The third-order valence-electron chi connectivity index (χ3n) is 1.11. The molecule has 0 aromatic heterocycles. The second kappa shape index (κ2) is 3.67. The van der Waals surface area contributed by atoms with Gasteiger partial charge >= 0.3 is 0 Å². The molecule has 0 atom stereocenters. The van der Waals surface area contributed by atoms with Crippen LogP contribution in [0.25, 0.3) is 0 Å². The molecule has 1 aromatic carbocycles. The summed E-state index contributed by atoms with van der Waals surface area (Å²) in [6.07, 6.45) is 0. The predicted molar refractivity (Wildman–Crippen MR) is 37.3 cm³/mol. The molecule has 1 rings (SSSR count). The number of hydrogen-bond donors (Lipinski definition) is 0. The molecule has 0 amide bonds. The van der Waals surface area contributed by atoms with Crippen LogP contribution in [-0.2, 0) is 16.1 Å². The van der Waals surface area contributed by atoms with Gasteiger partial charge in [0, 0.05) is 0 Å². The van der Waals surface area contributed by atoms with Gasteiger partial charge in [0.15, 0.2) is 0 Å². The van der Waals surface area contributed by atoms with Crippen LogP contribution in [0.3, 0.4) is 0 Å². The molecule has 0 spiro atoms. The Morgan fingerprint density at radius 3 is 2.90 bits per heavy atom. The van der Waals surface area contributed by atoms with Crippen LogP contribution >= 0.6 is 0 Å². The molecule has 0 radical (unpaired) electrons. The fourth-order valence-electron chi connectivity index (χ4n) is 0.648. The molecule has 1 aromatic rings. The highest BCUT2D eigenvalue weighted by molar-refractivity contribution is 5.37. The minimum atomic E-state index is 0.282. The van der Waals surface area contributed by atoms with Crippen molar-refractivity contribution < 1.29 is 10.9 Å². The minimum absolute atomic E-state index is 0.282. The van der Waals surface area contributed by atoms with Crippen LogP contribution in [0.5, 0.6) is 0 Å². The molecular weight excluding hydrogens is 128 g/mol. The standard InChI is InChI=1S/C8H8O2/c9-7-10-6-8-4-2-1-3-5-8/h1-5,7H,6H2/i1D. The fourth-order valence-corrected chi connectivity index (χ4v) is 0.648. The Balaban J connectivity index is 2.58. The summed E-state index contributed by atoms with van der Waals surface area (Å²) in [5, 5.41) is 0. The van der Waals surface area contributed by atoms with Crippen molar-refractivity contribution in [3.05, 3.63) is 35.9 Å². The zero-order valence-corrected chi connectivity index (χ0v) is 5.41. The van der Waals surface area contributed by atoms with Crippen molar-refractivity contribution in [2.45, 2.75) is 6.61 Å². The molecular formula is C8H8O2. The van der Waals surface area contributed by atoms with E-state index in [1.807, 2.05) is 0 Å². The lowest BCUT2D eigenvalue weighted by Crippen LogP contribution is -1.88. The summed E-state index contributed by atoms with van der Waals surface area (Å²) in [6.45, 7) is 0.693. The lowest BCUT2D eigenvalue weighted by Gasteiger charge is -1.95. The SMILES string of the molecule is [2H]c1ccc(COC=O)cc1. The lowest BCUT2D eigenvalue weighted by molar-refractivity contribution is -0.129. The summed E-state index contributed by atoms with van der Waals surface area (Å²) < 4.78 is 11.7. The average Bonchev–Trinajstić information content (AvgIpc) is 2.04. The van der Waals surface area contributed by atoms with Crippen molar-refractivity contribution >= 4 is 6.47 Å². The smallest absolute Gasteiger partial charge is 0.293 e. The fraction of sp³-hybridized carbons (Fsp3) is 0.125. The normalized spacial score (nSPS) is 10.2. The van der Waals surface area contributed by atoms with Gasteiger partial charge in [-0.25, -0.2) is 0 Å². The Morgan fingerprint density at radius 2 is 2.30 bits per heavy atom. The van der Waals surface area contributed by atoms with Crippen molar-refractivity contribution in [3.63, 3.8) is 0 Å². The van der Waals surface area contributed by atoms with Gasteiger partial charge in [-0.05, 0) is 5.56 Å². The maximum Gasteiger partial charge on any atom is 0.293 e. The van der Waals surface area contributed by atoms with E-state index in [0.29, 0.717) is 12.5 Å². The summed E-state index contributed by atoms with van der Waals surface area (Å²) in [6, 6.07) is 7.28. The molecule has 0 saturated heterocycles. The zero-order valence-electron chi connectivity index (χ0n) is 6.41. The summed E-state index contributed by atoms with van der Waals surface area (Å²) in [5.41, 5.74) is 0.896. The van der Waals surface area contributed by atoms with Gasteiger partial charge in [0.05, 0.1) is 1.37 Å². The highest BCUT2D eigenvalue weighted by Gasteiger charge is 1.87. The number of hydrogen-bond acceptors (Lipinski definition) is 2. The number of carbonyl (C=O) groups excluding carboxylic acids is 1. The van der Waals surface area contributed by atoms with Crippen LogP contribution < -0.4 is 0 Å². The van der Waals surface area contributed by atoms with Crippen LogP contribution in [0.2, 0.25) is 0 Å². The minimum Gasteiger partial charge on any atom is -0.463 e. The van der Waals surface area contributed by atoms with Gasteiger partial charge in [-0.1, -0.05) is 30.3 Å². The Hall–Kier alpha value is -1.31. The van der Waals surface area contributed by atoms with Gasteiger partial charge in [0.2, 0.25) is 0 Å².